The zero-order valence-electron chi connectivity index (χ0n) is 13.0. The fourth-order valence-electron chi connectivity index (χ4n) is 2.79. The van der Waals surface area contributed by atoms with Crippen LogP contribution < -0.4 is 4.74 Å². The molecule has 0 radical (unpaired) electrons. The van der Waals surface area contributed by atoms with Crippen LogP contribution in [-0.2, 0) is 22.7 Å². The van der Waals surface area contributed by atoms with Crippen LogP contribution >= 0.6 is 11.6 Å². The van der Waals surface area contributed by atoms with Crippen LogP contribution in [0.4, 0.5) is 0 Å². The molecule has 0 heterocycles. The lowest BCUT2D eigenvalue weighted by atomic mass is 10.0. The van der Waals surface area contributed by atoms with E-state index in [0.717, 1.165) is 35.1 Å². The quantitative estimate of drug-likeness (QED) is 0.707. The number of hydrogen-bond donors (Lipinski definition) is 0. The number of aldehydes is 1. The second-order valence-corrected chi connectivity index (χ2v) is 6.20. The molecule has 23 heavy (non-hydrogen) atoms. The average Bonchev–Trinajstić information content (AvgIpc) is 3.36. The maximum atomic E-state index is 10.9. The van der Waals surface area contributed by atoms with Crippen LogP contribution in [0.25, 0.3) is 0 Å². The van der Waals surface area contributed by atoms with Gasteiger partial charge in [0.1, 0.15) is 12.0 Å². The summed E-state index contributed by atoms with van der Waals surface area (Å²) in [4.78, 5) is 10.9. The second-order valence-electron chi connectivity index (χ2n) is 5.79. The molecule has 0 bridgehead atoms. The monoisotopic (exact) mass is 330 g/mol. The summed E-state index contributed by atoms with van der Waals surface area (Å²) in [6.45, 7) is 0.958. The predicted octanol–water partition coefficient (Wildman–Crippen LogP) is 4.37. The van der Waals surface area contributed by atoms with Crippen LogP contribution in [0.5, 0.6) is 5.75 Å². The molecule has 0 amide bonds. The van der Waals surface area contributed by atoms with Crippen LogP contribution in [-0.4, -0.2) is 13.4 Å². The van der Waals surface area contributed by atoms with E-state index in [-0.39, 0.29) is 5.92 Å². The Morgan fingerprint density at radius 3 is 2.61 bits per heavy atom. The fraction of sp³-hybridized carbons (Fsp3) is 0.316. The molecule has 2 aromatic carbocycles. The van der Waals surface area contributed by atoms with Crippen molar-refractivity contribution in [3.63, 3.8) is 0 Å². The molecule has 2 aromatic rings. The van der Waals surface area contributed by atoms with Crippen molar-refractivity contribution < 1.29 is 14.3 Å². The topological polar surface area (TPSA) is 35.5 Å². The zero-order valence-corrected chi connectivity index (χ0v) is 13.8. The van der Waals surface area contributed by atoms with Crippen LogP contribution in [0, 0.1) is 5.92 Å². The number of hydrogen-bond acceptors (Lipinski definition) is 3. The van der Waals surface area contributed by atoms with Crippen LogP contribution in [0.2, 0.25) is 5.02 Å². The molecule has 0 spiro atoms. The molecule has 1 aliphatic rings. The number of ether oxygens (including phenoxy) is 2. The number of rotatable bonds is 7. The van der Waals surface area contributed by atoms with Gasteiger partial charge in [-0.15, -0.1) is 0 Å². The molecule has 0 aliphatic heterocycles. The Bertz CT molecular complexity index is 682. The lowest BCUT2D eigenvalue weighted by Gasteiger charge is -2.12. The summed E-state index contributed by atoms with van der Waals surface area (Å²) < 4.78 is 11.0. The Hall–Kier alpha value is -1.84. The maximum absolute atomic E-state index is 10.9. The Balaban J connectivity index is 1.64. The van der Waals surface area contributed by atoms with Crippen LogP contribution in [0.3, 0.4) is 0 Å². The van der Waals surface area contributed by atoms with E-state index in [1.807, 2.05) is 42.5 Å². The Morgan fingerprint density at radius 2 is 1.96 bits per heavy atom. The molecule has 120 valence electrons. The van der Waals surface area contributed by atoms with E-state index >= 15 is 0 Å². The van der Waals surface area contributed by atoms with E-state index in [1.54, 1.807) is 7.11 Å². The number of carbonyl (C=O) groups is 1. The van der Waals surface area contributed by atoms with E-state index in [2.05, 4.69) is 0 Å². The van der Waals surface area contributed by atoms with E-state index in [4.69, 9.17) is 21.1 Å². The van der Waals surface area contributed by atoms with Crippen molar-refractivity contribution in [3.05, 3.63) is 64.2 Å². The van der Waals surface area contributed by atoms with Gasteiger partial charge in [-0.2, -0.15) is 0 Å². The van der Waals surface area contributed by atoms with Gasteiger partial charge in [0, 0.05) is 10.9 Å². The first-order valence-corrected chi connectivity index (χ1v) is 8.04. The normalized spacial score (nSPS) is 19.4. The third kappa shape index (κ3) is 3.74. The molecule has 1 fully saturated rings. The Morgan fingerprint density at radius 1 is 1.17 bits per heavy atom. The minimum atomic E-state index is 0.133. The molecule has 4 heteroatoms. The van der Waals surface area contributed by atoms with Crippen molar-refractivity contribution in [2.75, 3.05) is 7.11 Å². The average molecular weight is 331 g/mol. The highest BCUT2D eigenvalue weighted by atomic mass is 35.5. The molecule has 2 atom stereocenters. The Labute approximate surface area is 141 Å². The SMILES string of the molecule is COc1ccc(COCc2c(Cl)cccc2C2CC2C=O)cc1. The van der Waals surface area contributed by atoms with Gasteiger partial charge in [0.05, 0.1) is 20.3 Å². The molecular formula is C19H19ClO3. The fourth-order valence-corrected chi connectivity index (χ4v) is 3.03. The van der Waals surface area contributed by atoms with Gasteiger partial charge in [-0.25, -0.2) is 0 Å². The minimum Gasteiger partial charge on any atom is -0.497 e. The Kier molecular flexibility index (Phi) is 4.99. The molecule has 1 aliphatic carbocycles. The van der Waals surface area contributed by atoms with E-state index in [0.29, 0.717) is 24.2 Å². The molecule has 1 saturated carbocycles. The largest absolute Gasteiger partial charge is 0.497 e. The predicted molar refractivity (Wildman–Crippen MR) is 89.9 cm³/mol. The molecular weight excluding hydrogens is 312 g/mol. The number of methoxy groups -OCH3 is 1. The summed E-state index contributed by atoms with van der Waals surface area (Å²) in [5.74, 6) is 1.26. The van der Waals surface area contributed by atoms with Gasteiger partial charge in [0.25, 0.3) is 0 Å². The van der Waals surface area contributed by atoms with Gasteiger partial charge in [-0.1, -0.05) is 35.9 Å². The molecule has 3 nitrogen and oxygen atoms in total. The first kappa shape index (κ1) is 16.0. The van der Waals surface area contributed by atoms with Crippen molar-refractivity contribution >= 4 is 17.9 Å². The van der Waals surface area contributed by atoms with Crippen LogP contribution in [0.15, 0.2) is 42.5 Å². The van der Waals surface area contributed by atoms with E-state index in [1.165, 1.54) is 0 Å². The molecule has 0 aromatic heterocycles. The molecule has 3 rings (SSSR count). The van der Waals surface area contributed by atoms with E-state index < -0.39 is 0 Å². The second kappa shape index (κ2) is 7.16. The smallest absolute Gasteiger partial charge is 0.123 e. The summed E-state index contributed by atoms with van der Waals surface area (Å²) in [7, 11) is 1.65. The number of benzene rings is 2. The first-order valence-electron chi connectivity index (χ1n) is 7.66. The highest BCUT2D eigenvalue weighted by Crippen LogP contribution is 2.48. The van der Waals surface area contributed by atoms with Gasteiger partial charge in [-0.3, -0.25) is 0 Å². The first-order chi connectivity index (χ1) is 11.2. The molecule has 0 saturated heterocycles. The van der Waals surface area contributed by atoms with Gasteiger partial charge < -0.3 is 14.3 Å². The molecule has 2 unspecified atom stereocenters. The van der Waals surface area contributed by atoms with Gasteiger partial charge in [0.15, 0.2) is 0 Å². The van der Waals surface area contributed by atoms with Crippen molar-refractivity contribution in [1.29, 1.82) is 0 Å². The standard InChI is InChI=1S/C19H19ClO3/c1-22-15-7-5-13(6-8-15)11-23-12-18-16(3-2-4-19(18)20)17-9-14(17)10-21/h2-8,10,14,17H,9,11-12H2,1H3. The molecule has 0 N–H and O–H groups in total. The zero-order chi connectivity index (χ0) is 16.2. The van der Waals surface area contributed by atoms with Crippen molar-refractivity contribution in [3.8, 4) is 5.75 Å². The summed E-state index contributed by atoms with van der Waals surface area (Å²) in [6, 6.07) is 13.6. The lowest BCUT2D eigenvalue weighted by Crippen LogP contribution is -2.00. The highest BCUT2D eigenvalue weighted by Gasteiger charge is 2.39. The number of halogens is 1. The summed E-state index contributed by atoms with van der Waals surface area (Å²) in [5, 5.41) is 0.703. The van der Waals surface area contributed by atoms with Gasteiger partial charge in [-0.05, 0) is 47.2 Å². The third-order valence-corrected chi connectivity index (χ3v) is 4.60. The minimum absolute atomic E-state index is 0.133. The third-order valence-electron chi connectivity index (χ3n) is 4.24. The maximum Gasteiger partial charge on any atom is 0.123 e. The lowest BCUT2D eigenvalue weighted by molar-refractivity contribution is -0.108. The summed E-state index contributed by atoms with van der Waals surface area (Å²) in [5.41, 5.74) is 3.22. The van der Waals surface area contributed by atoms with E-state index in [9.17, 15) is 4.79 Å². The van der Waals surface area contributed by atoms with Crippen molar-refractivity contribution in [2.45, 2.75) is 25.6 Å². The number of carbonyl (C=O) groups excluding carboxylic acids is 1. The van der Waals surface area contributed by atoms with Crippen molar-refractivity contribution in [2.24, 2.45) is 5.92 Å². The summed E-state index contributed by atoms with van der Waals surface area (Å²) >= 11 is 6.33. The summed E-state index contributed by atoms with van der Waals surface area (Å²) in [6.07, 6.45) is 1.95. The van der Waals surface area contributed by atoms with Crippen LogP contribution in [0.1, 0.15) is 29.0 Å². The van der Waals surface area contributed by atoms with Crippen molar-refractivity contribution in [1.82, 2.24) is 0 Å². The van der Waals surface area contributed by atoms with Gasteiger partial charge in [0.2, 0.25) is 0 Å². The highest BCUT2D eigenvalue weighted by molar-refractivity contribution is 6.31. The van der Waals surface area contributed by atoms with Gasteiger partial charge >= 0.3 is 0 Å².